The average Bonchev–Trinajstić information content (AvgIpc) is 3.19. The number of aromatic nitrogens is 5. The molecule has 2 aromatic heterocycles. The summed E-state index contributed by atoms with van der Waals surface area (Å²) >= 11 is 3.36. The van der Waals surface area contributed by atoms with Crippen molar-refractivity contribution in [1.82, 2.24) is 24.5 Å². The van der Waals surface area contributed by atoms with Crippen LogP contribution in [0.15, 0.2) is 21.8 Å². The van der Waals surface area contributed by atoms with Crippen LogP contribution in [0.25, 0.3) is 0 Å². The summed E-state index contributed by atoms with van der Waals surface area (Å²) in [7, 11) is 1.84. The Hall–Kier alpha value is -1.70. The van der Waals surface area contributed by atoms with E-state index in [0.29, 0.717) is 29.0 Å². The van der Waals surface area contributed by atoms with Crippen LogP contribution < -0.4 is 10.9 Å². The summed E-state index contributed by atoms with van der Waals surface area (Å²) in [5.41, 5.74) is 0.630. The zero-order valence-corrected chi connectivity index (χ0v) is 13.4. The molecule has 2 heterocycles. The number of hydrogen-bond donors (Lipinski definition) is 1. The summed E-state index contributed by atoms with van der Waals surface area (Å²) in [6, 6.07) is 0. The minimum absolute atomic E-state index is 0.0807. The van der Waals surface area contributed by atoms with Gasteiger partial charge in [0.15, 0.2) is 5.82 Å². The highest BCUT2D eigenvalue weighted by Gasteiger charge is 2.23. The molecule has 0 atom stereocenters. The molecule has 1 saturated carbocycles. The largest absolute Gasteiger partial charge is 0.382 e. The highest BCUT2D eigenvalue weighted by Crippen LogP contribution is 2.30. The molecule has 21 heavy (non-hydrogen) atoms. The minimum atomic E-state index is -0.0807. The second-order valence-corrected chi connectivity index (χ2v) is 6.11. The van der Waals surface area contributed by atoms with Crippen LogP contribution in [-0.2, 0) is 20.0 Å². The first-order chi connectivity index (χ1) is 10.1. The van der Waals surface area contributed by atoms with Crippen molar-refractivity contribution in [1.29, 1.82) is 0 Å². The third kappa shape index (κ3) is 3.49. The normalized spacial score (nSPS) is 14.4. The van der Waals surface area contributed by atoms with Gasteiger partial charge in [0.1, 0.15) is 10.8 Å². The van der Waals surface area contributed by atoms with Crippen molar-refractivity contribution in [3.63, 3.8) is 0 Å². The molecule has 0 radical (unpaired) electrons. The van der Waals surface area contributed by atoms with Crippen LogP contribution in [-0.4, -0.2) is 31.1 Å². The molecule has 0 aliphatic heterocycles. The second kappa shape index (κ2) is 5.97. The molecule has 3 rings (SSSR count). The summed E-state index contributed by atoms with van der Waals surface area (Å²) in [4.78, 5) is 16.3. The Bertz CT molecular complexity index is 690. The van der Waals surface area contributed by atoms with Gasteiger partial charge in [-0.1, -0.05) is 0 Å². The molecule has 2 aromatic rings. The monoisotopic (exact) mass is 352 g/mol. The van der Waals surface area contributed by atoms with Gasteiger partial charge in [-0.25, -0.2) is 9.67 Å². The van der Waals surface area contributed by atoms with Crippen molar-refractivity contribution in [3.8, 4) is 0 Å². The first kappa shape index (κ1) is 14.2. The molecule has 1 N–H and O–H groups in total. The Balaban J connectivity index is 1.62. The highest BCUT2D eigenvalue weighted by molar-refractivity contribution is 9.10. The number of aryl methyl sites for hydroxylation is 1. The first-order valence-corrected chi connectivity index (χ1v) is 7.77. The highest BCUT2D eigenvalue weighted by atomic mass is 79.9. The van der Waals surface area contributed by atoms with E-state index in [1.54, 1.807) is 17.2 Å². The van der Waals surface area contributed by atoms with Gasteiger partial charge in [-0.3, -0.25) is 9.48 Å². The molecule has 7 nitrogen and oxygen atoms in total. The van der Waals surface area contributed by atoms with E-state index in [-0.39, 0.29) is 5.56 Å². The van der Waals surface area contributed by atoms with E-state index in [4.69, 9.17) is 0 Å². The molecule has 1 aliphatic rings. The predicted molar refractivity (Wildman–Crippen MR) is 82.1 cm³/mol. The molecule has 0 unspecified atom stereocenters. The van der Waals surface area contributed by atoms with Crippen LogP contribution in [0.5, 0.6) is 0 Å². The fourth-order valence-electron chi connectivity index (χ4n) is 2.07. The topological polar surface area (TPSA) is 77.6 Å². The molecule has 0 spiro atoms. The molecule has 0 aromatic carbocycles. The minimum Gasteiger partial charge on any atom is -0.382 e. The van der Waals surface area contributed by atoms with Crippen molar-refractivity contribution in [2.24, 2.45) is 13.0 Å². The number of nitrogens with one attached hydrogen (secondary N) is 1. The number of halogens is 1. The third-order valence-electron chi connectivity index (χ3n) is 3.42. The fraction of sp³-hybridized carbons (Fsp3) is 0.538. The first-order valence-electron chi connectivity index (χ1n) is 6.97. The number of anilines is 1. The summed E-state index contributed by atoms with van der Waals surface area (Å²) in [6.07, 6.45) is 6.45. The van der Waals surface area contributed by atoms with Gasteiger partial charge in [0.25, 0.3) is 5.56 Å². The Kier molecular flexibility index (Phi) is 4.05. The molecule has 0 amide bonds. The second-order valence-electron chi connectivity index (χ2n) is 5.31. The fourth-order valence-corrected chi connectivity index (χ4v) is 2.52. The maximum Gasteiger partial charge on any atom is 0.283 e. The number of rotatable bonds is 6. The van der Waals surface area contributed by atoms with Crippen LogP contribution in [0.4, 0.5) is 5.69 Å². The Morgan fingerprint density at radius 3 is 2.95 bits per heavy atom. The number of nitrogens with zero attached hydrogens (tertiary/aromatic N) is 5. The van der Waals surface area contributed by atoms with Gasteiger partial charge in [-0.15, -0.1) is 0 Å². The average molecular weight is 353 g/mol. The lowest BCUT2D eigenvalue weighted by Gasteiger charge is -2.09. The third-order valence-corrected chi connectivity index (χ3v) is 4.19. The van der Waals surface area contributed by atoms with Crippen LogP contribution in [0.2, 0.25) is 0 Å². The molecule has 1 aliphatic carbocycles. The molecule has 112 valence electrons. The van der Waals surface area contributed by atoms with Crippen LogP contribution in [0.3, 0.4) is 0 Å². The van der Waals surface area contributed by atoms with Crippen LogP contribution >= 0.6 is 15.9 Å². The van der Waals surface area contributed by atoms with Crippen molar-refractivity contribution >= 4 is 21.6 Å². The van der Waals surface area contributed by atoms with Gasteiger partial charge in [0.05, 0.1) is 11.9 Å². The van der Waals surface area contributed by atoms with Crippen molar-refractivity contribution in [2.75, 3.05) is 11.9 Å². The van der Waals surface area contributed by atoms with E-state index >= 15 is 0 Å². The van der Waals surface area contributed by atoms with Gasteiger partial charge < -0.3 is 5.32 Å². The Morgan fingerprint density at radius 1 is 1.48 bits per heavy atom. The van der Waals surface area contributed by atoms with Crippen molar-refractivity contribution < 1.29 is 0 Å². The molecule has 0 bridgehead atoms. The summed E-state index contributed by atoms with van der Waals surface area (Å²) < 4.78 is 3.74. The lowest BCUT2D eigenvalue weighted by Crippen LogP contribution is -2.25. The van der Waals surface area contributed by atoms with Gasteiger partial charge in [0, 0.05) is 26.6 Å². The quantitative estimate of drug-likeness (QED) is 0.844. The molecular formula is C13H17BrN6O. The lowest BCUT2D eigenvalue weighted by molar-refractivity contribution is 0.532. The maximum atomic E-state index is 12.2. The van der Waals surface area contributed by atoms with E-state index in [9.17, 15) is 4.79 Å². The lowest BCUT2D eigenvalue weighted by atomic mass is 10.3. The summed E-state index contributed by atoms with van der Waals surface area (Å²) in [5, 5.41) is 11.6. The van der Waals surface area contributed by atoms with Gasteiger partial charge in [-0.05, 0) is 34.7 Å². The zero-order valence-electron chi connectivity index (χ0n) is 11.8. The Morgan fingerprint density at radius 2 is 2.29 bits per heavy atom. The summed E-state index contributed by atoms with van der Waals surface area (Å²) in [6.45, 7) is 1.37. The zero-order chi connectivity index (χ0) is 14.8. The van der Waals surface area contributed by atoms with Gasteiger partial charge in [-0.2, -0.15) is 10.2 Å². The van der Waals surface area contributed by atoms with Gasteiger partial charge in [0.2, 0.25) is 0 Å². The predicted octanol–water partition coefficient (Wildman–Crippen LogP) is 1.20. The van der Waals surface area contributed by atoms with Crippen LogP contribution in [0, 0.1) is 5.92 Å². The van der Waals surface area contributed by atoms with E-state index in [1.807, 2.05) is 7.05 Å². The SMILES string of the molecule is Cn1cnc(CCNc2cnn(CC3CC3)c(=O)c2Br)n1. The summed E-state index contributed by atoms with van der Waals surface area (Å²) in [5.74, 6) is 1.40. The van der Waals surface area contributed by atoms with Crippen molar-refractivity contribution in [3.05, 3.63) is 33.2 Å². The number of hydrogen-bond acceptors (Lipinski definition) is 5. The standard InChI is InChI=1S/C13H17BrN6O/c1-19-8-16-11(18-19)4-5-15-10-6-17-20(7-9-2-3-9)13(21)12(10)14/h6,8-9,15H,2-5,7H2,1H3. The van der Waals surface area contributed by atoms with E-state index in [1.165, 1.54) is 17.5 Å². The van der Waals surface area contributed by atoms with E-state index < -0.39 is 0 Å². The maximum absolute atomic E-state index is 12.2. The molecular weight excluding hydrogens is 336 g/mol. The molecule has 1 fully saturated rings. The smallest absolute Gasteiger partial charge is 0.283 e. The van der Waals surface area contributed by atoms with Crippen molar-refractivity contribution in [2.45, 2.75) is 25.8 Å². The molecule has 0 saturated heterocycles. The van der Waals surface area contributed by atoms with Gasteiger partial charge >= 0.3 is 0 Å². The molecule has 8 heteroatoms. The Labute approximate surface area is 130 Å². The van der Waals surface area contributed by atoms with E-state index in [0.717, 1.165) is 12.4 Å². The van der Waals surface area contributed by atoms with E-state index in [2.05, 4.69) is 36.4 Å². The van der Waals surface area contributed by atoms with Crippen LogP contribution in [0.1, 0.15) is 18.7 Å².